The fraction of sp³-hybridized carbons (Fsp3) is 0.400. The van der Waals surface area contributed by atoms with Crippen molar-refractivity contribution in [1.29, 1.82) is 0 Å². The number of aromatic nitrogens is 2. The largest absolute Gasteiger partial charge is 0.396 e. The highest BCUT2D eigenvalue weighted by molar-refractivity contribution is 5.39. The topological polar surface area (TPSA) is 43.8 Å². The molecule has 0 amide bonds. The van der Waals surface area contributed by atoms with Crippen LogP contribution < -0.4 is 5.73 Å². The van der Waals surface area contributed by atoms with E-state index >= 15 is 0 Å². The van der Waals surface area contributed by atoms with Crippen LogP contribution in [0.4, 0.5) is 5.69 Å². The summed E-state index contributed by atoms with van der Waals surface area (Å²) >= 11 is 0. The maximum Gasteiger partial charge on any atom is 0.0859 e. The van der Waals surface area contributed by atoms with E-state index in [1.165, 1.54) is 0 Å². The third-order valence-corrected chi connectivity index (χ3v) is 0.681. The Morgan fingerprint density at radius 1 is 2.12 bits per heavy atom. The van der Waals surface area contributed by atoms with Crippen molar-refractivity contribution in [3.05, 3.63) is 11.9 Å². The van der Waals surface area contributed by atoms with Crippen LogP contribution in [0.15, 0.2) is 6.17 Å². The molecule has 0 radical (unpaired) electrons. The van der Waals surface area contributed by atoms with Crippen molar-refractivity contribution in [3.63, 3.8) is 0 Å². The lowest BCUT2D eigenvalue weighted by Crippen LogP contribution is -1.86. The van der Waals surface area contributed by atoms with Crippen LogP contribution >= 0.6 is 0 Å². The summed E-state index contributed by atoms with van der Waals surface area (Å²) in [5.74, 6) is 0. The average Bonchev–Trinajstić information content (AvgIpc) is 2.26. The summed E-state index contributed by atoms with van der Waals surface area (Å²) in [7, 11) is 0. The minimum atomic E-state index is -2.70. The molecule has 0 aliphatic heterocycles. The molecule has 1 aromatic rings. The molecule has 0 spiro atoms. The second kappa shape index (κ2) is 1.51. The van der Waals surface area contributed by atoms with Crippen molar-refractivity contribution in [2.75, 3.05) is 5.73 Å². The van der Waals surface area contributed by atoms with Crippen LogP contribution in [0, 0.1) is 6.85 Å². The number of hydrogen-bond donors (Lipinski definition) is 1. The second-order valence-electron chi connectivity index (χ2n) is 1.29. The Kier molecular flexibility index (Phi) is 0.243. The molecule has 1 heterocycles. The zero-order valence-corrected chi connectivity index (χ0v) is 3.97. The van der Waals surface area contributed by atoms with E-state index in [4.69, 9.17) is 15.3 Å². The number of rotatable bonds is 0. The first kappa shape index (κ1) is 1.29. The minimum absolute atomic E-state index is 0.323. The number of hydrogen-bond acceptors (Lipinski definition) is 2. The number of nitrogen functional groups attached to an aromatic ring is 1. The Hall–Kier alpha value is -0.990. The van der Waals surface area contributed by atoms with Gasteiger partial charge in [0, 0.05) is 21.4 Å². The van der Waals surface area contributed by atoms with E-state index in [0.717, 1.165) is 0 Å². The molecule has 0 aliphatic rings. The zero-order valence-electron chi connectivity index (χ0n) is 11.0. The van der Waals surface area contributed by atoms with Crippen LogP contribution in [0.5, 0.6) is 0 Å². The van der Waals surface area contributed by atoms with Gasteiger partial charge in [0.2, 0.25) is 0 Å². The predicted molar refractivity (Wildman–Crippen MR) is 32.4 cm³/mol. The Morgan fingerprint density at radius 3 is 3.38 bits per heavy atom. The van der Waals surface area contributed by atoms with Gasteiger partial charge in [-0.2, -0.15) is 5.10 Å². The summed E-state index contributed by atoms with van der Waals surface area (Å²) in [6.07, 6.45) is -0.610. The molecular weight excluding hydrogens is 102 g/mol. The van der Waals surface area contributed by atoms with Crippen molar-refractivity contribution in [3.8, 4) is 0 Å². The Balaban J connectivity index is 3.38. The van der Waals surface area contributed by atoms with Crippen LogP contribution in [0.25, 0.3) is 0 Å². The SMILES string of the molecule is [2H]c1c(N)c(C([2H])([2H])[2H])nn1C([2H])([2H])[2H]. The van der Waals surface area contributed by atoms with Crippen molar-refractivity contribution < 1.29 is 9.60 Å². The molecule has 0 fully saturated rings. The van der Waals surface area contributed by atoms with E-state index in [1.807, 2.05) is 0 Å². The van der Waals surface area contributed by atoms with Crippen molar-refractivity contribution in [1.82, 2.24) is 9.78 Å². The van der Waals surface area contributed by atoms with Gasteiger partial charge in [-0.1, -0.05) is 0 Å². The molecule has 2 N–H and O–H groups in total. The summed E-state index contributed by atoms with van der Waals surface area (Å²) < 4.78 is 49.8. The van der Waals surface area contributed by atoms with Crippen LogP contribution in [0.2, 0.25) is 0 Å². The fourth-order valence-corrected chi connectivity index (χ4v) is 0.346. The normalized spacial score (nSPS) is 25.8. The van der Waals surface area contributed by atoms with Crippen LogP contribution in [0.1, 0.15) is 15.3 Å². The Labute approximate surface area is 57.9 Å². The molecule has 0 bridgehead atoms. The van der Waals surface area contributed by atoms with E-state index in [2.05, 4.69) is 5.10 Å². The maximum atomic E-state index is 7.32. The average molecular weight is 118 g/mol. The molecule has 0 aromatic carbocycles. The lowest BCUT2D eigenvalue weighted by Gasteiger charge is -1.79. The molecule has 0 atom stereocenters. The monoisotopic (exact) mass is 118 g/mol. The van der Waals surface area contributed by atoms with Gasteiger partial charge in [0.1, 0.15) is 0 Å². The quantitative estimate of drug-likeness (QED) is 0.533. The summed E-state index contributed by atoms with van der Waals surface area (Å²) in [5.41, 5.74) is 4.33. The van der Waals surface area contributed by atoms with Gasteiger partial charge in [-0.3, -0.25) is 4.68 Å². The molecule has 0 aliphatic carbocycles. The van der Waals surface area contributed by atoms with Crippen LogP contribution in [-0.2, 0) is 6.98 Å². The first-order chi connectivity index (χ1) is 6.55. The van der Waals surface area contributed by atoms with E-state index < -0.39 is 31.4 Å². The van der Waals surface area contributed by atoms with Gasteiger partial charge in [0.05, 0.1) is 12.8 Å². The Bertz CT molecular complexity index is 339. The van der Waals surface area contributed by atoms with Gasteiger partial charge in [-0.05, 0) is 6.85 Å². The molecule has 3 nitrogen and oxygen atoms in total. The first-order valence-corrected chi connectivity index (χ1v) is 1.91. The van der Waals surface area contributed by atoms with Gasteiger partial charge < -0.3 is 5.73 Å². The summed E-state index contributed by atoms with van der Waals surface area (Å²) in [4.78, 5) is 0. The van der Waals surface area contributed by atoms with Gasteiger partial charge in [-0.25, -0.2) is 0 Å². The van der Waals surface area contributed by atoms with Crippen molar-refractivity contribution in [2.45, 2.75) is 6.85 Å². The Morgan fingerprint density at radius 2 is 3.00 bits per heavy atom. The summed E-state index contributed by atoms with van der Waals surface area (Å²) in [6.45, 7) is -5.31. The highest BCUT2D eigenvalue weighted by Gasteiger charge is 1.93. The van der Waals surface area contributed by atoms with E-state index in [0.29, 0.717) is 4.68 Å². The molecule has 8 heavy (non-hydrogen) atoms. The second-order valence-corrected chi connectivity index (χ2v) is 1.29. The van der Waals surface area contributed by atoms with Crippen molar-refractivity contribution >= 4 is 5.69 Å². The third kappa shape index (κ3) is 0.665. The van der Waals surface area contributed by atoms with Crippen LogP contribution in [0.3, 0.4) is 0 Å². The number of aryl methyl sites for hydroxylation is 2. The molecule has 3 heteroatoms. The zero-order chi connectivity index (χ0) is 12.0. The number of anilines is 1. The fourth-order valence-electron chi connectivity index (χ4n) is 0.346. The standard InChI is InChI=1S/C5H9N3/c1-4-5(6)3-8(2)7-4/h3H,6H2,1-2H3/i1D3,2D3,3D. The lowest BCUT2D eigenvalue weighted by molar-refractivity contribution is 0.756. The molecular formula is C5H9N3. The van der Waals surface area contributed by atoms with E-state index in [-0.39, 0.29) is 0 Å². The lowest BCUT2D eigenvalue weighted by atomic mass is 10.4. The summed E-state index contributed by atoms with van der Waals surface area (Å²) in [6, 6.07) is 0. The third-order valence-electron chi connectivity index (χ3n) is 0.681. The van der Waals surface area contributed by atoms with E-state index in [9.17, 15) is 0 Å². The van der Waals surface area contributed by atoms with Crippen molar-refractivity contribution in [2.24, 2.45) is 6.98 Å². The molecule has 0 unspecified atom stereocenters. The maximum absolute atomic E-state index is 7.32. The predicted octanol–water partition coefficient (Wildman–Crippen LogP) is 0.311. The molecule has 1 rings (SSSR count). The molecule has 0 saturated carbocycles. The van der Waals surface area contributed by atoms with Gasteiger partial charge >= 0.3 is 0 Å². The van der Waals surface area contributed by atoms with Gasteiger partial charge in [-0.15, -0.1) is 0 Å². The van der Waals surface area contributed by atoms with Gasteiger partial charge in [0.25, 0.3) is 0 Å². The van der Waals surface area contributed by atoms with Crippen LogP contribution in [-0.4, -0.2) is 9.78 Å². The molecule has 44 valence electrons. The number of nitrogens with zero attached hydrogens (tertiary/aromatic N) is 2. The highest BCUT2D eigenvalue weighted by Crippen LogP contribution is 2.03. The first-order valence-electron chi connectivity index (χ1n) is 5.41. The van der Waals surface area contributed by atoms with Gasteiger partial charge in [0.15, 0.2) is 0 Å². The minimum Gasteiger partial charge on any atom is -0.396 e. The van der Waals surface area contributed by atoms with E-state index in [1.54, 1.807) is 0 Å². The molecule has 0 saturated heterocycles. The number of nitrogens with two attached hydrogens (primary N) is 1. The highest BCUT2D eigenvalue weighted by atomic mass is 15.3. The summed E-state index contributed by atoms with van der Waals surface area (Å²) in [5, 5.41) is 3.33. The molecule has 1 aromatic heterocycles. The smallest absolute Gasteiger partial charge is 0.0859 e.